The monoisotopic (exact) mass is 410 g/mol. The van der Waals surface area contributed by atoms with E-state index < -0.39 is 6.23 Å². The molecule has 8 heteroatoms. The van der Waals surface area contributed by atoms with Crippen LogP contribution in [0.3, 0.4) is 0 Å². The van der Waals surface area contributed by atoms with E-state index in [0.29, 0.717) is 28.2 Å². The molecule has 1 aliphatic heterocycles. The van der Waals surface area contributed by atoms with Gasteiger partial charge in [0.05, 0.1) is 19.8 Å². The fraction of sp³-hybridized carbons (Fsp3) is 0.286. The van der Waals surface area contributed by atoms with Gasteiger partial charge in [-0.2, -0.15) is 4.98 Å². The van der Waals surface area contributed by atoms with Crippen LogP contribution in [-0.2, 0) is 0 Å². The zero-order valence-corrected chi connectivity index (χ0v) is 17.3. The average molecular weight is 410 g/mol. The van der Waals surface area contributed by atoms with E-state index in [4.69, 9.17) is 14.2 Å². The number of para-hydroxylation sites is 1. The molecule has 2 heterocycles. The second-order valence-electron chi connectivity index (χ2n) is 6.39. The van der Waals surface area contributed by atoms with Gasteiger partial charge < -0.3 is 19.5 Å². The molecular formula is C21H22N4O3S. The van der Waals surface area contributed by atoms with Crippen molar-refractivity contribution in [3.05, 3.63) is 48.0 Å². The molecule has 29 heavy (non-hydrogen) atoms. The van der Waals surface area contributed by atoms with Crippen molar-refractivity contribution in [3.8, 4) is 28.6 Å². The van der Waals surface area contributed by atoms with Crippen molar-refractivity contribution in [2.24, 2.45) is 0 Å². The van der Waals surface area contributed by atoms with Gasteiger partial charge in [0.2, 0.25) is 17.3 Å². The maximum absolute atomic E-state index is 6.30. The summed E-state index contributed by atoms with van der Waals surface area (Å²) < 4.78 is 17.2. The molecule has 0 saturated carbocycles. The fourth-order valence-corrected chi connectivity index (χ4v) is 3.71. The first-order valence-corrected chi connectivity index (χ1v) is 10.3. The summed E-state index contributed by atoms with van der Waals surface area (Å²) in [5, 5.41) is 12.7. The fourth-order valence-electron chi connectivity index (χ4n) is 3.08. The van der Waals surface area contributed by atoms with Crippen LogP contribution >= 0.6 is 11.8 Å². The van der Waals surface area contributed by atoms with Gasteiger partial charge in [-0.3, -0.25) is 0 Å². The van der Waals surface area contributed by atoms with Crippen molar-refractivity contribution in [2.75, 3.05) is 25.3 Å². The van der Waals surface area contributed by atoms with Crippen molar-refractivity contribution in [1.29, 1.82) is 0 Å². The van der Waals surface area contributed by atoms with Gasteiger partial charge in [-0.25, -0.2) is 0 Å². The zero-order valence-electron chi connectivity index (χ0n) is 16.5. The van der Waals surface area contributed by atoms with Crippen molar-refractivity contribution in [1.82, 2.24) is 15.2 Å². The number of nitrogens with zero attached hydrogens (tertiary/aromatic N) is 3. The number of benzene rings is 2. The number of nitrogens with one attached hydrogen (secondary N) is 1. The normalized spacial score (nSPS) is 14.7. The highest BCUT2D eigenvalue weighted by Gasteiger charge is 2.28. The second kappa shape index (κ2) is 8.57. The summed E-state index contributed by atoms with van der Waals surface area (Å²) in [4.78, 5) is 4.64. The van der Waals surface area contributed by atoms with Gasteiger partial charge in [-0.05, 0) is 24.6 Å². The molecule has 3 aromatic rings. The van der Waals surface area contributed by atoms with Gasteiger partial charge in [0.1, 0.15) is 11.5 Å². The van der Waals surface area contributed by atoms with E-state index in [1.165, 1.54) is 0 Å². The van der Waals surface area contributed by atoms with Crippen LogP contribution in [0.1, 0.15) is 25.1 Å². The molecule has 0 radical (unpaired) electrons. The van der Waals surface area contributed by atoms with Crippen LogP contribution < -0.4 is 19.5 Å². The maximum atomic E-state index is 6.30. The zero-order chi connectivity index (χ0) is 20.2. The predicted molar refractivity (Wildman–Crippen MR) is 113 cm³/mol. The Kier molecular flexibility index (Phi) is 5.71. The molecule has 0 spiro atoms. The molecule has 2 aromatic carbocycles. The lowest BCUT2D eigenvalue weighted by Crippen LogP contribution is -2.18. The topological polar surface area (TPSA) is 78.4 Å². The van der Waals surface area contributed by atoms with Gasteiger partial charge in [-0.15, -0.1) is 10.2 Å². The number of ether oxygens (including phenoxy) is 3. The third-order valence-electron chi connectivity index (χ3n) is 4.49. The minimum atomic E-state index is -0.515. The van der Waals surface area contributed by atoms with Crippen LogP contribution in [0.2, 0.25) is 0 Å². The Bertz CT molecular complexity index is 1010. The highest BCUT2D eigenvalue weighted by atomic mass is 32.2. The molecule has 1 aromatic heterocycles. The second-order valence-corrected chi connectivity index (χ2v) is 7.45. The first-order valence-electron chi connectivity index (χ1n) is 9.35. The summed E-state index contributed by atoms with van der Waals surface area (Å²) in [5.41, 5.74) is 3.23. The van der Waals surface area contributed by atoms with Crippen molar-refractivity contribution in [2.45, 2.75) is 24.7 Å². The standard InChI is InChI=1S/C21H22N4O3S/c1-4-11-29-21-23-20-18(24-25-21)14-7-5-6-8-16(14)22-19(28-20)15-10-9-13(26-2)12-17(15)27-3/h5-10,12,19,22H,4,11H2,1-3H3/t19-/m0/s1. The number of methoxy groups -OCH3 is 2. The van der Waals surface area contributed by atoms with Crippen molar-refractivity contribution >= 4 is 17.4 Å². The minimum absolute atomic E-state index is 0.443. The van der Waals surface area contributed by atoms with Crippen LogP contribution in [-0.4, -0.2) is 35.2 Å². The molecule has 0 amide bonds. The third kappa shape index (κ3) is 3.93. The van der Waals surface area contributed by atoms with E-state index in [2.05, 4.69) is 27.4 Å². The Labute approximate surface area is 173 Å². The lowest BCUT2D eigenvalue weighted by Gasteiger charge is -2.21. The van der Waals surface area contributed by atoms with E-state index in [0.717, 1.165) is 29.0 Å². The minimum Gasteiger partial charge on any atom is -0.497 e. The summed E-state index contributed by atoms with van der Waals surface area (Å²) in [6.45, 7) is 2.12. The Morgan fingerprint density at radius 2 is 1.97 bits per heavy atom. The molecule has 0 fully saturated rings. The van der Waals surface area contributed by atoms with Gasteiger partial charge in [0.15, 0.2) is 5.69 Å². The van der Waals surface area contributed by atoms with E-state index in [9.17, 15) is 0 Å². The number of hydrogen-bond donors (Lipinski definition) is 1. The highest BCUT2D eigenvalue weighted by Crippen LogP contribution is 2.41. The number of rotatable bonds is 6. The number of hydrogen-bond acceptors (Lipinski definition) is 8. The first kappa shape index (κ1) is 19.3. The molecule has 0 bridgehead atoms. The Morgan fingerprint density at radius 3 is 2.76 bits per heavy atom. The number of fused-ring (bicyclic) bond motifs is 3. The highest BCUT2D eigenvalue weighted by molar-refractivity contribution is 7.99. The summed E-state index contributed by atoms with van der Waals surface area (Å²) in [5.74, 6) is 2.73. The van der Waals surface area contributed by atoms with Crippen LogP contribution in [0.15, 0.2) is 47.6 Å². The molecule has 1 aliphatic rings. The summed E-state index contributed by atoms with van der Waals surface area (Å²) in [7, 11) is 3.25. The average Bonchev–Trinajstić information content (AvgIpc) is 2.93. The smallest absolute Gasteiger partial charge is 0.247 e. The molecule has 0 saturated heterocycles. The van der Waals surface area contributed by atoms with E-state index in [1.54, 1.807) is 26.0 Å². The largest absolute Gasteiger partial charge is 0.497 e. The first-order chi connectivity index (χ1) is 14.2. The number of anilines is 1. The molecule has 1 N–H and O–H groups in total. The molecular weight excluding hydrogens is 388 g/mol. The molecule has 7 nitrogen and oxygen atoms in total. The van der Waals surface area contributed by atoms with E-state index in [-0.39, 0.29) is 0 Å². The lowest BCUT2D eigenvalue weighted by atomic mass is 10.1. The Hall–Kier alpha value is -3.00. The van der Waals surface area contributed by atoms with Gasteiger partial charge in [0.25, 0.3) is 0 Å². The van der Waals surface area contributed by atoms with Gasteiger partial charge in [-0.1, -0.05) is 36.9 Å². The quantitative estimate of drug-likeness (QED) is 0.593. The molecule has 150 valence electrons. The van der Waals surface area contributed by atoms with Crippen molar-refractivity contribution in [3.63, 3.8) is 0 Å². The third-order valence-corrected chi connectivity index (χ3v) is 5.54. The molecule has 0 unspecified atom stereocenters. The van der Waals surface area contributed by atoms with Gasteiger partial charge >= 0.3 is 0 Å². The number of aromatic nitrogens is 3. The summed E-state index contributed by atoms with van der Waals surface area (Å²) in [6, 6.07) is 13.5. The van der Waals surface area contributed by atoms with Gasteiger partial charge in [0, 0.05) is 23.1 Å². The summed E-state index contributed by atoms with van der Waals surface area (Å²) in [6.07, 6.45) is 0.515. The van der Waals surface area contributed by atoms with E-state index >= 15 is 0 Å². The number of thioether (sulfide) groups is 1. The Morgan fingerprint density at radius 1 is 1.10 bits per heavy atom. The van der Waals surface area contributed by atoms with Crippen LogP contribution in [0.5, 0.6) is 17.4 Å². The SMILES string of the molecule is CCCSc1nnc2c(n1)O[C@@H](c1ccc(OC)cc1OC)Nc1ccccc1-2. The predicted octanol–water partition coefficient (Wildman–Crippen LogP) is 4.56. The van der Waals surface area contributed by atoms with Crippen LogP contribution in [0.25, 0.3) is 11.3 Å². The maximum Gasteiger partial charge on any atom is 0.247 e. The lowest BCUT2D eigenvalue weighted by molar-refractivity contribution is 0.219. The van der Waals surface area contributed by atoms with Crippen molar-refractivity contribution < 1.29 is 14.2 Å². The Balaban J connectivity index is 1.80. The van der Waals surface area contributed by atoms with Crippen LogP contribution in [0.4, 0.5) is 5.69 Å². The molecule has 1 atom stereocenters. The molecule has 0 aliphatic carbocycles. The van der Waals surface area contributed by atoms with E-state index in [1.807, 2.05) is 42.5 Å². The van der Waals surface area contributed by atoms with Crippen LogP contribution in [0, 0.1) is 0 Å². The summed E-state index contributed by atoms with van der Waals surface area (Å²) >= 11 is 1.56. The molecule has 4 rings (SSSR count).